The SMILES string of the molecule is O=C(O)c1[nH]c(-c2ccccc2F)cc1CN1CCOCC1. The first-order chi connectivity index (χ1) is 10.6. The van der Waals surface area contributed by atoms with Crippen LogP contribution in [0.1, 0.15) is 16.1 Å². The predicted molar refractivity (Wildman–Crippen MR) is 79.2 cm³/mol. The smallest absolute Gasteiger partial charge is 0.352 e. The molecule has 2 heterocycles. The van der Waals surface area contributed by atoms with Gasteiger partial charge in [-0.25, -0.2) is 9.18 Å². The third-order valence-corrected chi connectivity index (χ3v) is 3.77. The van der Waals surface area contributed by atoms with Crippen LogP contribution in [0.5, 0.6) is 0 Å². The maximum atomic E-state index is 13.9. The highest BCUT2D eigenvalue weighted by atomic mass is 19.1. The average Bonchev–Trinajstić information content (AvgIpc) is 2.92. The summed E-state index contributed by atoms with van der Waals surface area (Å²) in [7, 11) is 0. The van der Waals surface area contributed by atoms with Gasteiger partial charge in [0.05, 0.1) is 13.2 Å². The van der Waals surface area contributed by atoms with Gasteiger partial charge in [-0.2, -0.15) is 0 Å². The fraction of sp³-hybridized carbons (Fsp3) is 0.312. The van der Waals surface area contributed by atoms with Gasteiger partial charge in [-0.15, -0.1) is 0 Å². The van der Waals surface area contributed by atoms with E-state index in [4.69, 9.17) is 4.74 Å². The van der Waals surface area contributed by atoms with Crippen molar-refractivity contribution in [3.63, 3.8) is 0 Å². The highest BCUT2D eigenvalue weighted by Crippen LogP contribution is 2.25. The van der Waals surface area contributed by atoms with E-state index in [2.05, 4.69) is 9.88 Å². The van der Waals surface area contributed by atoms with Crippen molar-refractivity contribution < 1.29 is 19.0 Å². The van der Waals surface area contributed by atoms with Crippen LogP contribution < -0.4 is 0 Å². The lowest BCUT2D eigenvalue weighted by molar-refractivity contribution is 0.0339. The minimum absolute atomic E-state index is 0.116. The van der Waals surface area contributed by atoms with Crippen LogP contribution in [0, 0.1) is 5.82 Å². The van der Waals surface area contributed by atoms with Gasteiger partial charge in [0.15, 0.2) is 0 Å². The molecule has 1 aromatic carbocycles. The summed E-state index contributed by atoms with van der Waals surface area (Å²) in [6.45, 7) is 3.33. The molecule has 1 aliphatic heterocycles. The second-order valence-corrected chi connectivity index (χ2v) is 5.26. The number of nitrogens with zero attached hydrogens (tertiary/aromatic N) is 1. The molecule has 1 saturated heterocycles. The number of rotatable bonds is 4. The van der Waals surface area contributed by atoms with Crippen LogP contribution in [0.3, 0.4) is 0 Å². The Morgan fingerprint density at radius 2 is 2.05 bits per heavy atom. The number of nitrogens with one attached hydrogen (secondary N) is 1. The summed E-state index contributed by atoms with van der Waals surface area (Å²) in [5.41, 5.74) is 1.63. The Hall–Kier alpha value is -2.18. The molecule has 0 saturated carbocycles. The number of benzene rings is 1. The minimum atomic E-state index is -1.04. The summed E-state index contributed by atoms with van der Waals surface area (Å²) in [6, 6.07) is 8.04. The molecule has 1 fully saturated rings. The number of morpholine rings is 1. The molecule has 0 unspecified atom stereocenters. The molecule has 5 nitrogen and oxygen atoms in total. The van der Waals surface area contributed by atoms with Gasteiger partial charge in [0.25, 0.3) is 0 Å². The van der Waals surface area contributed by atoms with Crippen LogP contribution in [0.15, 0.2) is 30.3 Å². The molecular formula is C16H17FN2O3. The number of H-pyrrole nitrogens is 1. The van der Waals surface area contributed by atoms with Crippen molar-refractivity contribution in [3.8, 4) is 11.3 Å². The zero-order valence-electron chi connectivity index (χ0n) is 12.0. The lowest BCUT2D eigenvalue weighted by Gasteiger charge is -2.26. The molecule has 1 aromatic heterocycles. The maximum Gasteiger partial charge on any atom is 0.352 e. The second-order valence-electron chi connectivity index (χ2n) is 5.26. The number of hydrogen-bond donors (Lipinski definition) is 2. The molecule has 6 heteroatoms. The number of carboxylic acids is 1. The number of ether oxygens (including phenoxy) is 1. The zero-order valence-corrected chi connectivity index (χ0v) is 12.0. The Morgan fingerprint density at radius 3 is 2.73 bits per heavy atom. The molecule has 2 aromatic rings. The van der Waals surface area contributed by atoms with Gasteiger partial charge in [-0.3, -0.25) is 4.90 Å². The first-order valence-electron chi connectivity index (χ1n) is 7.15. The molecule has 0 atom stereocenters. The molecule has 1 aliphatic rings. The van der Waals surface area contributed by atoms with E-state index in [-0.39, 0.29) is 11.5 Å². The normalized spacial score (nSPS) is 15.9. The van der Waals surface area contributed by atoms with Gasteiger partial charge >= 0.3 is 5.97 Å². The van der Waals surface area contributed by atoms with Crippen molar-refractivity contribution in [1.29, 1.82) is 0 Å². The fourth-order valence-corrected chi connectivity index (χ4v) is 2.64. The Bertz CT molecular complexity index is 678. The summed E-state index contributed by atoms with van der Waals surface area (Å²) in [4.78, 5) is 16.4. The van der Waals surface area contributed by atoms with Crippen molar-refractivity contribution >= 4 is 5.97 Å². The van der Waals surface area contributed by atoms with Gasteiger partial charge in [0, 0.05) is 30.9 Å². The van der Waals surface area contributed by atoms with Gasteiger partial charge in [0.1, 0.15) is 11.5 Å². The van der Waals surface area contributed by atoms with Gasteiger partial charge in [-0.05, 0) is 23.8 Å². The highest BCUT2D eigenvalue weighted by Gasteiger charge is 2.20. The van der Waals surface area contributed by atoms with E-state index < -0.39 is 5.97 Å². The Labute approximate surface area is 127 Å². The lowest BCUT2D eigenvalue weighted by atomic mass is 10.1. The zero-order chi connectivity index (χ0) is 15.5. The van der Waals surface area contributed by atoms with Crippen LogP contribution >= 0.6 is 0 Å². The third-order valence-electron chi connectivity index (χ3n) is 3.77. The van der Waals surface area contributed by atoms with E-state index in [0.29, 0.717) is 36.6 Å². The Balaban J connectivity index is 1.92. The number of aromatic carboxylic acids is 1. The van der Waals surface area contributed by atoms with Crippen LogP contribution in [0.25, 0.3) is 11.3 Å². The topological polar surface area (TPSA) is 65.6 Å². The standard InChI is InChI=1S/C16H17FN2O3/c17-13-4-2-1-3-12(13)14-9-11(15(18-14)16(20)21)10-19-5-7-22-8-6-19/h1-4,9,18H,5-8,10H2,(H,20,21). The molecule has 116 valence electrons. The third kappa shape index (κ3) is 3.03. The summed E-state index contributed by atoms with van der Waals surface area (Å²) in [5.74, 6) is -1.41. The van der Waals surface area contributed by atoms with Crippen molar-refractivity contribution in [2.75, 3.05) is 26.3 Å². The predicted octanol–water partition coefficient (Wildman–Crippen LogP) is 2.35. The molecule has 0 radical (unpaired) electrons. The minimum Gasteiger partial charge on any atom is -0.477 e. The van der Waals surface area contributed by atoms with E-state index in [1.165, 1.54) is 6.07 Å². The number of aromatic amines is 1. The maximum absolute atomic E-state index is 13.9. The van der Waals surface area contributed by atoms with Gasteiger partial charge in [-0.1, -0.05) is 12.1 Å². The number of carboxylic acid groups (broad SMARTS) is 1. The average molecular weight is 304 g/mol. The molecule has 3 rings (SSSR count). The number of halogens is 1. The van der Waals surface area contributed by atoms with Crippen LogP contribution in [0.2, 0.25) is 0 Å². The summed E-state index contributed by atoms with van der Waals surface area (Å²) >= 11 is 0. The fourth-order valence-electron chi connectivity index (χ4n) is 2.64. The summed E-state index contributed by atoms with van der Waals surface area (Å²) in [6.07, 6.45) is 0. The molecule has 22 heavy (non-hydrogen) atoms. The van der Waals surface area contributed by atoms with Gasteiger partial charge in [0.2, 0.25) is 0 Å². The molecule has 2 N–H and O–H groups in total. The monoisotopic (exact) mass is 304 g/mol. The Kier molecular flexibility index (Phi) is 4.22. The molecule has 0 aliphatic carbocycles. The first kappa shape index (κ1) is 14.7. The molecule has 0 spiro atoms. The van der Waals surface area contributed by atoms with E-state index in [1.54, 1.807) is 24.3 Å². The second kappa shape index (κ2) is 6.29. The van der Waals surface area contributed by atoms with Gasteiger partial charge < -0.3 is 14.8 Å². The quantitative estimate of drug-likeness (QED) is 0.910. The Morgan fingerprint density at radius 1 is 1.32 bits per heavy atom. The first-order valence-corrected chi connectivity index (χ1v) is 7.15. The number of carbonyl (C=O) groups is 1. The van der Waals surface area contributed by atoms with E-state index in [9.17, 15) is 14.3 Å². The van der Waals surface area contributed by atoms with E-state index in [1.807, 2.05) is 0 Å². The lowest BCUT2D eigenvalue weighted by Crippen LogP contribution is -2.35. The van der Waals surface area contributed by atoms with Crippen molar-refractivity contribution in [2.24, 2.45) is 0 Å². The molecular weight excluding hydrogens is 287 g/mol. The summed E-state index contributed by atoms with van der Waals surface area (Å²) in [5, 5.41) is 9.36. The highest BCUT2D eigenvalue weighted by molar-refractivity contribution is 5.89. The van der Waals surface area contributed by atoms with Crippen molar-refractivity contribution in [2.45, 2.75) is 6.54 Å². The number of aromatic nitrogens is 1. The van der Waals surface area contributed by atoms with E-state index in [0.717, 1.165) is 13.1 Å². The van der Waals surface area contributed by atoms with Crippen molar-refractivity contribution in [1.82, 2.24) is 9.88 Å². The molecule has 0 bridgehead atoms. The van der Waals surface area contributed by atoms with E-state index >= 15 is 0 Å². The van der Waals surface area contributed by atoms with Crippen LogP contribution in [-0.4, -0.2) is 47.3 Å². The van der Waals surface area contributed by atoms with Crippen LogP contribution in [0.4, 0.5) is 4.39 Å². The number of hydrogen-bond acceptors (Lipinski definition) is 3. The van der Waals surface area contributed by atoms with Crippen molar-refractivity contribution in [3.05, 3.63) is 47.4 Å². The molecule has 0 amide bonds. The van der Waals surface area contributed by atoms with Crippen LogP contribution in [-0.2, 0) is 11.3 Å². The largest absolute Gasteiger partial charge is 0.477 e. The summed E-state index contributed by atoms with van der Waals surface area (Å²) < 4.78 is 19.2.